The van der Waals surface area contributed by atoms with Gasteiger partial charge >= 0.3 is 0 Å². The maximum Gasteiger partial charge on any atom is 0.134 e. The van der Waals surface area contributed by atoms with Crippen molar-refractivity contribution in [2.24, 2.45) is 23.5 Å². The minimum absolute atomic E-state index is 0.276. The molecule has 0 saturated heterocycles. The molecule has 14 heavy (non-hydrogen) atoms. The van der Waals surface area contributed by atoms with E-state index < -0.39 is 0 Å². The topological polar surface area (TPSA) is 46.2 Å². The number of allylic oxidation sites excluding steroid dienone is 7. The van der Waals surface area contributed by atoms with Crippen LogP contribution in [0.1, 0.15) is 6.42 Å². The molecular weight excluding hydrogens is 174 g/mol. The number of fused-ring (bicyclic) bond motifs is 4. The van der Waals surface area contributed by atoms with Gasteiger partial charge in [-0.1, -0.05) is 29.9 Å². The van der Waals surface area contributed by atoms with E-state index in [4.69, 9.17) is 5.73 Å². The summed E-state index contributed by atoms with van der Waals surface area (Å²) >= 11 is 0. The van der Waals surface area contributed by atoms with Gasteiger partial charge in [-0.15, -0.1) is 0 Å². The van der Waals surface area contributed by atoms with Crippen molar-refractivity contribution in [1.29, 1.82) is 0 Å². The van der Waals surface area contributed by atoms with Crippen LogP contribution in [0.5, 0.6) is 0 Å². The minimum Gasteiger partial charge on any atom is -0.506 e. The van der Waals surface area contributed by atoms with Crippen LogP contribution < -0.4 is 5.73 Å². The summed E-state index contributed by atoms with van der Waals surface area (Å²) in [6, 6.07) is 0. The fourth-order valence-corrected chi connectivity index (χ4v) is 2.74. The summed E-state index contributed by atoms with van der Waals surface area (Å²) in [5.41, 5.74) is 7.72. The third-order valence-electron chi connectivity index (χ3n) is 3.53. The average molecular weight is 187 g/mol. The van der Waals surface area contributed by atoms with E-state index in [9.17, 15) is 5.11 Å². The summed E-state index contributed by atoms with van der Waals surface area (Å²) in [5, 5.41) is 9.53. The largest absolute Gasteiger partial charge is 0.506 e. The lowest BCUT2D eigenvalue weighted by molar-refractivity contribution is 0.245. The standard InChI is InChI=1S/C12H13NO/c13-11-5-9-7-3-1-2-4-8(7)10(9)6-12(11)14/h1-4,6-9,14H,5,13H2/t7-,8+,9?/m1/s1. The highest BCUT2D eigenvalue weighted by Crippen LogP contribution is 2.53. The predicted molar refractivity (Wildman–Crippen MR) is 55.3 cm³/mol. The Kier molecular flexibility index (Phi) is 1.43. The van der Waals surface area contributed by atoms with Crippen LogP contribution in [-0.2, 0) is 0 Å². The lowest BCUT2D eigenvalue weighted by Crippen LogP contribution is -2.41. The van der Waals surface area contributed by atoms with Gasteiger partial charge in [0.05, 0.1) is 5.70 Å². The van der Waals surface area contributed by atoms with E-state index in [1.165, 1.54) is 5.57 Å². The lowest BCUT2D eigenvalue weighted by Gasteiger charge is -2.48. The molecule has 0 bridgehead atoms. The van der Waals surface area contributed by atoms with Crippen LogP contribution in [0.4, 0.5) is 0 Å². The van der Waals surface area contributed by atoms with Crippen LogP contribution in [0, 0.1) is 17.8 Å². The number of nitrogens with two attached hydrogens (primary N) is 1. The molecule has 0 aromatic heterocycles. The third kappa shape index (κ3) is 0.857. The Balaban J connectivity index is 1.98. The Hall–Kier alpha value is -1.44. The maximum absolute atomic E-state index is 9.53. The van der Waals surface area contributed by atoms with Gasteiger partial charge < -0.3 is 10.8 Å². The molecule has 0 aliphatic heterocycles. The van der Waals surface area contributed by atoms with Crippen molar-refractivity contribution >= 4 is 0 Å². The van der Waals surface area contributed by atoms with Gasteiger partial charge in [0.25, 0.3) is 0 Å². The Morgan fingerprint density at radius 2 is 2.07 bits per heavy atom. The molecular formula is C12H13NO. The molecule has 1 unspecified atom stereocenters. The van der Waals surface area contributed by atoms with Crippen molar-refractivity contribution in [3.8, 4) is 0 Å². The molecule has 0 aromatic rings. The van der Waals surface area contributed by atoms with Crippen molar-refractivity contribution in [1.82, 2.24) is 0 Å². The highest BCUT2D eigenvalue weighted by molar-refractivity contribution is 5.43. The summed E-state index contributed by atoms with van der Waals surface area (Å²) in [6.07, 6.45) is 11.3. The van der Waals surface area contributed by atoms with Gasteiger partial charge in [-0.2, -0.15) is 0 Å². The molecule has 1 saturated carbocycles. The second-order valence-electron chi connectivity index (χ2n) is 4.24. The summed E-state index contributed by atoms with van der Waals surface area (Å²) in [7, 11) is 0. The molecule has 0 aromatic carbocycles. The molecule has 3 rings (SSSR count). The predicted octanol–water partition coefficient (Wildman–Crippen LogP) is 2.03. The lowest BCUT2D eigenvalue weighted by atomic mass is 9.56. The molecule has 0 heterocycles. The van der Waals surface area contributed by atoms with E-state index in [1.807, 2.05) is 6.08 Å². The SMILES string of the molecule is NC1=C(O)C=C2C(C1)[C@@H]1C=CC=C[C@H]21. The quantitative estimate of drug-likeness (QED) is 0.609. The molecule has 3 N–H and O–H groups in total. The molecule has 3 aliphatic rings. The zero-order valence-electron chi connectivity index (χ0n) is 7.85. The second kappa shape index (κ2) is 2.53. The van der Waals surface area contributed by atoms with Crippen molar-refractivity contribution < 1.29 is 5.11 Å². The molecule has 72 valence electrons. The van der Waals surface area contributed by atoms with Crippen LogP contribution in [0.25, 0.3) is 0 Å². The van der Waals surface area contributed by atoms with E-state index in [1.54, 1.807) is 0 Å². The monoisotopic (exact) mass is 187 g/mol. The Morgan fingerprint density at radius 3 is 2.93 bits per heavy atom. The first kappa shape index (κ1) is 7.92. The van der Waals surface area contributed by atoms with Crippen LogP contribution in [0.2, 0.25) is 0 Å². The fraction of sp³-hybridized carbons (Fsp3) is 0.333. The van der Waals surface area contributed by atoms with E-state index in [0.717, 1.165) is 6.42 Å². The number of hydrogen-bond donors (Lipinski definition) is 2. The smallest absolute Gasteiger partial charge is 0.134 e. The zero-order valence-corrected chi connectivity index (χ0v) is 7.85. The zero-order chi connectivity index (χ0) is 9.71. The van der Waals surface area contributed by atoms with Crippen molar-refractivity contribution in [3.63, 3.8) is 0 Å². The number of rotatable bonds is 0. The van der Waals surface area contributed by atoms with Gasteiger partial charge in [0.1, 0.15) is 5.76 Å². The first-order valence-corrected chi connectivity index (χ1v) is 5.01. The molecule has 1 fully saturated rings. The van der Waals surface area contributed by atoms with Crippen molar-refractivity contribution in [3.05, 3.63) is 47.4 Å². The van der Waals surface area contributed by atoms with E-state index in [-0.39, 0.29) is 5.76 Å². The molecule has 3 atom stereocenters. The Morgan fingerprint density at radius 1 is 1.29 bits per heavy atom. The minimum atomic E-state index is 0.276. The molecule has 2 nitrogen and oxygen atoms in total. The van der Waals surface area contributed by atoms with Crippen molar-refractivity contribution in [2.75, 3.05) is 0 Å². The molecule has 0 spiro atoms. The maximum atomic E-state index is 9.53. The molecule has 2 heteroatoms. The normalized spacial score (nSPS) is 38.6. The van der Waals surface area contributed by atoms with Crippen LogP contribution >= 0.6 is 0 Å². The Labute approximate surface area is 83.1 Å². The molecule has 3 aliphatic carbocycles. The average Bonchev–Trinajstić information content (AvgIpc) is 2.21. The van der Waals surface area contributed by atoms with Gasteiger partial charge in [-0.05, 0) is 24.3 Å². The molecule has 0 amide bonds. The highest BCUT2D eigenvalue weighted by Gasteiger charge is 2.45. The summed E-state index contributed by atoms with van der Waals surface area (Å²) in [6.45, 7) is 0. The van der Waals surface area contributed by atoms with Crippen LogP contribution in [-0.4, -0.2) is 5.11 Å². The van der Waals surface area contributed by atoms with Crippen molar-refractivity contribution in [2.45, 2.75) is 6.42 Å². The third-order valence-corrected chi connectivity index (χ3v) is 3.53. The summed E-state index contributed by atoms with van der Waals surface area (Å²) in [5.74, 6) is 1.94. The van der Waals surface area contributed by atoms with Crippen LogP contribution in [0.3, 0.4) is 0 Å². The van der Waals surface area contributed by atoms with Gasteiger partial charge in [0.2, 0.25) is 0 Å². The van der Waals surface area contributed by atoms with Gasteiger partial charge in [0.15, 0.2) is 0 Å². The van der Waals surface area contributed by atoms with E-state index in [0.29, 0.717) is 23.5 Å². The Bertz CT molecular complexity index is 401. The number of aliphatic hydroxyl groups is 1. The summed E-state index contributed by atoms with van der Waals surface area (Å²) in [4.78, 5) is 0. The number of aliphatic hydroxyl groups excluding tert-OH is 1. The van der Waals surface area contributed by atoms with Gasteiger partial charge in [-0.25, -0.2) is 0 Å². The molecule has 0 radical (unpaired) electrons. The van der Waals surface area contributed by atoms with E-state index >= 15 is 0 Å². The number of hydrogen-bond acceptors (Lipinski definition) is 2. The highest BCUT2D eigenvalue weighted by atomic mass is 16.3. The second-order valence-corrected chi connectivity index (χ2v) is 4.24. The van der Waals surface area contributed by atoms with E-state index in [2.05, 4.69) is 24.3 Å². The van der Waals surface area contributed by atoms with Crippen LogP contribution in [0.15, 0.2) is 47.4 Å². The first-order chi connectivity index (χ1) is 6.77. The van der Waals surface area contributed by atoms with Gasteiger partial charge in [0, 0.05) is 5.92 Å². The fourth-order valence-electron chi connectivity index (χ4n) is 2.74. The summed E-state index contributed by atoms with van der Waals surface area (Å²) < 4.78 is 0. The van der Waals surface area contributed by atoms with Gasteiger partial charge in [-0.3, -0.25) is 0 Å². The first-order valence-electron chi connectivity index (χ1n) is 5.01.